The quantitative estimate of drug-likeness (QED) is 0.842. The van der Waals surface area contributed by atoms with Gasteiger partial charge in [-0.15, -0.1) is 0 Å². The van der Waals surface area contributed by atoms with Crippen LogP contribution >= 0.6 is 0 Å². The van der Waals surface area contributed by atoms with E-state index in [0.717, 1.165) is 11.3 Å². The molecule has 0 aromatic heterocycles. The highest BCUT2D eigenvalue weighted by molar-refractivity contribution is 5.91. The van der Waals surface area contributed by atoms with Crippen molar-refractivity contribution in [2.75, 3.05) is 7.11 Å². The van der Waals surface area contributed by atoms with Gasteiger partial charge in [-0.1, -0.05) is 12.1 Å². The molecule has 2 rings (SSSR count). The van der Waals surface area contributed by atoms with Gasteiger partial charge in [0.05, 0.1) is 13.2 Å². The maximum absolute atomic E-state index is 11.4. The molecule has 0 bridgehead atoms. The van der Waals surface area contributed by atoms with Gasteiger partial charge in [-0.2, -0.15) is 0 Å². The highest BCUT2D eigenvalue weighted by Gasteiger charge is 2.14. The third kappa shape index (κ3) is 4.64. The van der Waals surface area contributed by atoms with Crippen molar-refractivity contribution in [2.24, 2.45) is 0 Å². The number of carboxylic acids is 1. The van der Waals surface area contributed by atoms with Crippen molar-refractivity contribution in [3.63, 3.8) is 0 Å². The smallest absolute Gasteiger partial charge is 0.339 e. The van der Waals surface area contributed by atoms with Gasteiger partial charge < -0.3 is 19.3 Å². The summed E-state index contributed by atoms with van der Waals surface area (Å²) in [4.78, 5) is 11.4. The lowest BCUT2D eigenvalue weighted by molar-refractivity contribution is 0.0690. The number of rotatable bonds is 7. The Kier molecular flexibility index (Phi) is 5.46. The Balaban J connectivity index is 2.13. The number of hydrogen-bond donors (Lipinski definition) is 1. The monoisotopic (exact) mass is 316 g/mol. The summed E-state index contributed by atoms with van der Waals surface area (Å²) in [5.41, 5.74) is 1.02. The van der Waals surface area contributed by atoms with Gasteiger partial charge in [0, 0.05) is 0 Å². The van der Waals surface area contributed by atoms with E-state index in [1.807, 2.05) is 38.1 Å². The predicted molar refractivity (Wildman–Crippen MR) is 86.5 cm³/mol. The molecule has 2 aromatic rings. The molecule has 0 atom stereocenters. The Labute approximate surface area is 135 Å². The van der Waals surface area contributed by atoms with Crippen molar-refractivity contribution in [1.29, 1.82) is 0 Å². The summed E-state index contributed by atoms with van der Waals surface area (Å²) in [5, 5.41) is 9.30. The van der Waals surface area contributed by atoms with Gasteiger partial charge in [0.25, 0.3) is 0 Å². The van der Waals surface area contributed by atoms with Crippen molar-refractivity contribution in [2.45, 2.75) is 26.6 Å². The number of aromatic carboxylic acids is 1. The molecule has 2 aromatic carbocycles. The molecule has 5 nitrogen and oxygen atoms in total. The summed E-state index contributed by atoms with van der Waals surface area (Å²) in [5.74, 6) is 0.507. The Hall–Kier alpha value is -2.69. The molecule has 0 aliphatic carbocycles. The molecule has 0 aliphatic rings. The summed E-state index contributed by atoms with van der Waals surface area (Å²) in [6.07, 6.45) is -0.100. The molecule has 0 radical (unpaired) electrons. The first kappa shape index (κ1) is 16.7. The molecule has 0 amide bonds. The van der Waals surface area contributed by atoms with Gasteiger partial charge in [0.2, 0.25) is 0 Å². The molecule has 1 N–H and O–H groups in total. The minimum Gasteiger partial charge on any atom is -0.497 e. The number of benzene rings is 2. The Bertz CT molecular complexity index is 679. The van der Waals surface area contributed by atoms with Gasteiger partial charge in [0.1, 0.15) is 29.4 Å². The Morgan fingerprint density at radius 1 is 1.13 bits per heavy atom. The predicted octanol–water partition coefficient (Wildman–Crippen LogP) is 3.76. The summed E-state index contributed by atoms with van der Waals surface area (Å²) in [6.45, 7) is 4.01. The number of hydrogen-bond acceptors (Lipinski definition) is 4. The van der Waals surface area contributed by atoms with E-state index in [1.54, 1.807) is 19.2 Å². The van der Waals surface area contributed by atoms with E-state index in [2.05, 4.69) is 0 Å². The second-order valence-corrected chi connectivity index (χ2v) is 5.27. The summed E-state index contributed by atoms with van der Waals surface area (Å²) >= 11 is 0. The SMILES string of the molecule is COc1cccc(COc2ccc(OC(C)C)c(C(=O)O)c2)c1. The third-order valence-corrected chi connectivity index (χ3v) is 3.08. The molecule has 5 heteroatoms. The van der Waals surface area contributed by atoms with Crippen molar-refractivity contribution >= 4 is 5.97 Å². The van der Waals surface area contributed by atoms with Crippen LogP contribution in [-0.4, -0.2) is 24.3 Å². The zero-order valence-electron chi connectivity index (χ0n) is 13.4. The number of methoxy groups -OCH3 is 1. The lowest BCUT2D eigenvalue weighted by Crippen LogP contribution is -2.10. The van der Waals surface area contributed by atoms with Crippen molar-refractivity contribution in [1.82, 2.24) is 0 Å². The van der Waals surface area contributed by atoms with Crippen molar-refractivity contribution < 1.29 is 24.1 Å². The van der Waals surface area contributed by atoms with E-state index in [1.165, 1.54) is 6.07 Å². The van der Waals surface area contributed by atoms with Crippen molar-refractivity contribution in [3.8, 4) is 17.2 Å². The van der Waals surface area contributed by atoms with E-state index < -0.39 is 5.97 Å². The maximum atomic E-state index is 11.4. The summed E-state index contributed by atoms with van der Waals surface area (Å²) in [7, 11) is 1.60. The lowest BCUT2D eigenvalue weighted by Gasteiger charge is -2.14. The van der Waals surface area contributed by atoms with Crippen LogP contribution in [0.3, 0.4) is 0 Å². The fourth-order valence-corrected chi connectivity index (χ4v) is 2.05. The van der Waals surface area contributed by atoms with Gasteiger partial charge in [-0.25, -0.2) is 4.79 Å². The van der Waals surface area contributed by atoms with Gasteiger partial charge in [-0.3, -0.25) is 0 Å². The largest absolute Gasteiger partial charge is 0.497 e. The van der Waals surface area contributed by atoms with E-state index in [0.29, 0.717) is 18.1 Å². The molecule has 0 saturated heterocycles. The molecule has 0 fully saturated rings. The van der Waals surface area contributed by atoms with Crippen molar-refractivity contribution in [3.05, 3.63) is 53.6 Å². The van der Waals surface area contributed by atoms with Gasteiger partial charge >= 0.3 is 5.97 Å². The van der Waals surface area contributed by atoms with E-state index in [4.69, 9.17) is 14.2 Å². The van der Waals surface area contributed by atoms with Gasteiger partial charge in [0.15, 0.2) is 0 Å². The molecular formula is C18H20O5. The second-order valence-electron chi connectivity index (χ2n) is 5.27. The molecular weight excluding hydrogens is 296 g/mol. The fraction of sp³-hybridized carbons (Fsp3) is 0.278. The minimum absolute atomic E-state index is 0.0850. The molecule has 0 saturated carbocycles. The second kappa shape index (κ2) is 7.54. The van der Waals surface area contributed by atoms with Crippen LogP contribution in [0.1, 0.15) is 29.8 Å². The molecule has 0 heterocycles. The van der Waals surface area contributed by atoms with E-state index in [-0.39, 0.29) is 11.7 Å². The average molecular weight is 316 g/mol. The molecule has 122 valence electrons. The topological polar surface area (TPSA) is 65.0 Å². The molecule has 0 spiro atoms. The third-order valence-electron chi connectivity index (χ3n) is 3.08. The number of carbonyl (C=O) groups is 1. The van der Waals surface area contributed by atoms with Crippen LogP contribution in [0.15, 0.2) is 42.5 Å². The highest BCUT2D eigenvalue weighted by atomic mass is 16.5. The normalized spacial score (nSPS) is 10.4. The minimum atomic E-state index is -1.05. The van der Waals surface area contributed by atoms with Gasteiger partial charge in [-0.05, 0) is 49.7 Å². The van der Waals surface area contributed by atoms with Crippen LogP contribution in [0.2, 0.25) is 0 Å². The number of ether oxygens (including phenoxy) is 3. The molecule has 0 unspecified atom stereocenters. The van der Waals surface area contributed by atoms with E-state index in [9.17, 15) is 9.90 Å². The fourth-order valence-electron chi connectivity index (χ4n) is 2.05. The molecule has 0 aliphatic heterocycles. The average Bonchev–Trinajstić information content (AvgIpc) is 2.53. The van der Waals surface area contributed by atoms with Crippen LogP contribution < -0.4 is 14.2 Å². The van der Waals surface area contributed by atoms with E-state index >= 15 is 0 Å². The lowest BCUT2D eigenvalue weighted by atomic mass is 10.2. The molecule has 23 heavy (non-hydrogen) atoms. The first-order valence-corrected chi connectivity index (χ1v) is 7.29. The zero-order chi connectivity index (χ0) is 16.8. The van der Waals surface area contributed by atoms with Crippen LogP contribution in [0, 0.1) is 0 Å². The highest BCUT2D eigenvalue weighted by Crippen LogP contribution is 2.26. The summed E-state index contributed by atoms with van der Waals surface area (Å²) in [6, 6.07) is 12.3. The van der Waals surface area contributed by atoms with Crippen LogP contribution in [0.25, 0.3) is 0 Å². The van der Waals surface area contributed by atoms with Crippen LogP contribution in [0.5, 0.6) is 17.2 Å². The number of carboxylic acid groups (broad SMARTS) is 1. The zero-order valence-corrected chi connectivity index (χ0v) is 13.4. The first-order valence-electron chi connectivity index (χ1n) is 7.29. The van der Waals surface area contributed by atoms with Crippen LogP contribution in [-0.2, 0) is 6.61 Å². The summed E-state index contributed by atoms with van der Waals surface area (Å²) < 4.78 is 16.3. The standard InChI is InChI=1S/C18H20O5/c1-12(2)23-17-8-7-15(10-16(17)18(19)20)22-11-13-5-4-6-14(9-13)21-3/h4-10,12H,11H2,1-3H3,(H,19,20). The van der Waals surface area contributed by atoms with Crippen LogP contribution in [0.4, 0.5) is 0 Å². The Morgan fingerprint density at radius 3 is 2.57 bits per heavy atom. The maximum Gasteiger partial charge on any atom is 0.339 e. The Morgan fingerprint density at radius 2 is 1.91 bits per heavy atom. The first-order chi connectivity index (χ1) is 11.0.